The molecule has 0 rings (SSSR count). The number of rotatable bonds is 3. The number of carbonyl (C=O) groups excluding carboxylic acids is 1. The van der Waals surface area contributed by atoms with Crippen molar-refractivity contribution in [1.29, 1.82) is 0 Å². The smallest absolute Gasteiger partial charge is 0.175 e. The Kier molecular flexibility index (Phi) is 2.76. The maximum atomic E-state index is 9.76. The molecule has 0 aromatic carbocycles. The van der Waals surface area contributed by atoms with Crippen LogP contribution in [0.1, 0.15) is 13.3 Å². The van der Waals surface area contributed by atoms with Crippen LogP contribution in [0.2, 0.25) is 0 Å². The summed E-state index contributed by atoms with van der Waals surface area (Å²) in [4.78, 5) is 9.76. The lowest BCUT2D eigenvalue weighted by Crippen LogP contribution is -2.45. The van der Waals surface area contributed by atoms with Crippen molar-refractivity contribution in [2.75, 3.05) is 0 Å². The fourth-order valence-corrected chi connectivity index (χ4v) is 0.327. The highest BCUT2D eigenvalue weighted by molar-refractivity contribution is 5.50. The minimum absolute atomic E-state index is 0.0382. The standard InChI is InChI=1S/C5H11NO3/c1-5(8,9)4(6)2-3-7/h3-4,8-9H,2,6H2,1H3. The van der Waals surface area contributed by atoms with Crippen LogP contribution in [0, 0.1) is 0 Å². The lowest BCUT2D eigenvalue weighted by Gasteiger charge is -2.21. The first-order valence-corrected chi connectivity index (χ1v) is 2.62. The van der Waals surface area contributed by atoms with Gasteiger partial charge in [0.1, 0.15) is 6.29 Å². The van der Waals surface area contributed by atoms with E-state index < -0.39 is 11.8 Å². The topological polar surface area (TPSA) is 83.6 Å². The van der Waals surface area contributed by atoms with Gasteiger partial charge in [0.25, 0.3) is 0 Å². The fraction of sp³-hybridized carbons (Fsp3) is 0.800. The molecule has 0 fully saturated rings. The van der Waals surface area contributed by atoms with Crippen LogP contribution < -0.4 is 5.73 Å². The van der Waals surface area contributed by atoms with Gasteiger partial charge in [-0.1, -0.05) is 0 Å². The predicted octanol–water partition coefficient (Wildman–Crippen LogP) is -1.40. The second-order valence-corrected chi connectivity index (χ2v) is 2.10. The van der Waals surface area contributed by atoms with Crippen molar-refractivity contribution < 1.29 is 15.0 Å². The monoisotopic (exact) mass is 133 g/mol. The molecule has 1 atom stereocenters. The molecule has 0 aliphatic carbocycles. The van der Waals surface area contributed by atoms with Gasteiger partial charge in [-0.05, 0) is 6.92 Å². The van der Waals surface area contributed by atoms with Crippen LogP contribution in [0.25, 0.3) is 0 Å². The zero-order valence-electron chi connectivity index (χ0n) is 5.24. The summed E-state index contributed by atoms with van der Waals surface area (Å²) in [6.07, 6.45) is 0.513. The van der Waals surface area contributed by atoms with Gasteiger partial charge in [0.05, 0.1) is 6.04 Å². The molecular formula is C5H11NO3. The summed E-state index contributed by atoms with van der Waals surface area (Å²) in [5, 5.41) is 17.4. The van der Waals surface area contributed by atoms with Crippen molar-refractivity contribution in [2.24, 2.45) is 5.73 Å². The van der Waals surface area contributed by atoms with Crippen molar-refractivity contribution in [1.82, 2.24) is 0 Å². The minimum Gasteiger partial charge on any atom is -0.365 e. The molecule has 4 heteroatoms. The molecule has 0 aromatic heterocycles. The molecule has 0 saturated heterocycles. The highest BCUT2D eigenvalue weighted by atomic mass is 16.5. The number of hydrogen-bond donors (Lipinski definition) is 3. The molecule has 0 amide bonds. The van der Waals surface area contributed by atoms with Gasteiger partial charge in [-0.2, -0.15) is 0 Å². The van der Waals surface area contributed by atoms with E-state index >= 15 is 0 Å². The van der Waals surface area contributed by atoms with Gasteiger partial charge in [0.2, 0.25) is 0 Å². The molecule has 54 valence electrons. The minimum atomic E-state index is -1.94. The van der Waals surface area contributed by atoms with E-state index in [9.17, 15) is 4.79 Å². The molecule has 4 nitrogen and oxygen atoms in total. The first-order valence-electron chi connectivity index (χ1n) is 2.62. The highest BCUT2D eigenvalue weighted by Crippen LogP contribution is 2.03. The highest BCUT2D eigenvalue weighted by Gasteiger charge is 2.24. The number of hydrogen-bond acceptors (Lipinski definition) is 4. The summed E-state index contributed by atoms with van der Waals surface area (Å²) < 4.78 is 0. The first kappa shape index (κ1) is 8.55. The van der Waals surface area contributed by atoms with Gasteiger partial charge < -0.3 is 20.7 Å². The van der Waals surface area contributed by atoms with Crippen LogP contribution in [0.3, 0.4) is 0 Å². The van der Waals surface area contributed by atoms with E-state index in [2.05, 4.69) is 0 Å². The number of aldehydes is 1. The first-order chi connectivity index (χ1) is 3.98. The Bertz CT molecular complexity index is 96.9. The second-order valence-electron chi connectivity index (χ2n) is 2.10. The summed E-state index contributed by atoms with van der Waals surface area (Å²) in [7, 11) is 0. The Morgan fingerprint density at radius 1 is 1.78 bits per heavy atom. The van der Waals surface area contributed by atoms with Crippen molar-refractivity contribution in [3.05, 3.63) is 0 Å². The zero-order chi connectivity index (χ0) is 7.49. The molecule has 0 heterocycles. The Balaban J connectivity index is 3.72. The third kappa shape index (κ3) is 3.18. The average Bonchev–Trinajstić information content (AvgIpc) is 1.64. The van der Waals surface area contributed by atoms with E-state index in [4.69, 9.17) is 15.9 Å². The number of aliphatic hydroxyl groups is 2. The molecular weight excluding hydrogens is 122 g/mol. The largest absolute Gasteiger partial charge is 0.365 e. The van der Waals surface area contributed by atoms with Crippen molar-refractivity contribution in [2.45, 2.75) is 25.2 Å². The molecule has 1 unspecified atom stereocenters. The van der Waals surface area contributed by atoms with E-state index in [1.165, 1.54) is 0 Å². The molecule has 0 aromatic rings. The van der Waals surface area contributed by atoms with E-state index in [0.29, 0.717) is 6.29 Å². The molecule has 0 aliphatic heterocycles. The van der Waals surface area contributed by atoms with E-state index in [1.54, 1.807) is 0 Å². The lowest BCUT2D eigenvalue weighted by atomic mass is 10.1. The lowest BCUT2D eigenvalue weighted by molar-refractivity contribution is -0.162. The zero-order valence-corrected chi connectivity index (χ0v) is 5.24. The van der Waals surface area contributed by atoms with Crippen molar-refractivity contribution >= 4 is 6.29 Å². The number of carbonyl (C=O) groups is 1. The van der Waals surface area contributed by atoms with Crippen LogP contribution in [0.5, 0.6) is 0 Å². The third-order valence-electron chi connectivity index (χ3n) is 1.05. The second kappa shape index (κ2) is 2.91. The van der Waals surface area contributed by atoms with Crippen LogP contribution in [0.4, 0.5) is 0 Å². The van der Waals surface area contributed by atoms with Gasteiger partial charge in [0, 0.05) is 6.42 Å². The van der Waals surface area contributed by atoms with Gasteiger partial charge >= 0.3 is 0 Å². The molecule has 0 spiro atoms. The predicted molar refractivity (Wildman–Crippen MR) is 31.5 cm³/mol. The van der Waals surface area contributed by atoms with Crippen molar-refractivity contribution in [3.8, 4) is 0 Å². The molecule has 0 aliphatic rings. The fourth-order valence-electron chi connectivity index (χ4n) is 0.327. The van der Waals surface area contributed by atoms with Gasteiger partial charge in [-0.25, -0.2) is 0 Å². The molecule has 4 N–H and O–H groups in total. The molecule has 0 radical (unpaired) electrons. The quantitative estimate of drug-likeness (QED) is 0.326. The SMILES string of the molecule is CC(O)(O)C(N)CC=O. The van der Waals surface area contributed by atoms with Gasteiger partial charge in [-0.15, -0.1) is 0 Å². The van der Waals surface area contributed by atoms with Gasteiger partial charge in [-0.3, -0.25) is 0 Å². The third-order valence-corrected chi connectivity index (χ3v) is 1.05. The molecule has 0 saturated carbocycles. The number of nitrogens with two attached hydrogens (primary N) is 1. The maximum Gasteiger partial charge on any atom is 0.175 e. The average molecular weight is 133 g/mol. The molecule has 9 heavy (non-hydrogen) atoms. The summed E-state index contributed by atoms with van der Waals surface area (Å²) in [5.74, 6) is -1.94. The van der Waals surface area contributed by atoms with Crippen LogP contribution in [-0.2, 0) is 4.79 Å². The van der Waals surface area contributed by atoms with E-state index in [-0.39, 0.29) is 6.42 Å². The summed E-state index contributed by atoms with van der Waals surface area (Å²) in [6.45, 7) is 1.14. The van der Waals surface area contributed by atoms with Crippen molar-refractivity contribution in [3.63, 3.8) is 0 Å². The van der Waals surface area contributed by atoms with Gasteiger partial charge in [0.15, 0.2) is 5.79 Å². The Hall–Kier alpha value is -0.450. The summed E-state index contributed by atoms with van der Waals surface area (Å²) in [5.41, 5.74) is 5.13. The van der Waals surface area contributed by atoms with Crippen LogP contribution in [-0.4, -0.2) is 28.3 Å². The Labute approximate surface area is 53.3 Å². The van der Waals surface area contributed by atoms with Crippen LogP contribution in [0.15, 0.2) is 0 Å². The Morgan fingerprint density at radius 3 is 2.33 bits per heavy atom. The maximum absolute atomic E-state index is 9.76. The van der Waals surface area contributed by atoms with E-state index in [0.717, 1.165) is 6.92 Å². The summed E-state index contributed by atoms with van der Waals surface area (Å²) >= 11 is 0. The van der Waals surface area contributed by atoms with Crippen LogP contribution >= 0.6 is 0 Å². The normalized spacial score (nSPS) is 15.1. The Morgan fingerprint density at radius 2 is 2.22 bits per heavy atom. The summed E-state index contributed by atoms with van der Waals surface area (Å²) in [6, 6.07) is -0.894. The van der Waals surface area contributed by atoms with E-state index in [1.807, 2.05) is 0 Å². The molecule has 0 bridgehead atoms.